The number of nitrogens with zero attached hydrogens (tertiary/aromatic N) is 4. The number of benzene rings is 1. The molecule has 1 aromatic carbocycles. The Morgan fingerprint density at radius 3 is 2.38 bits per heavy atom. The van der Waals surface area contributed by atoms with Gasteiger partial charge in [-0.3, -0.25) is 0 Å². The van der Waals surface area contributed by atoms with Crippen LogP contribution >= 0.6 is 0 Å². The summed E-state index contributed by atoms with van der Waals surface area (Å²) in [4.78, 5) is 26.0. The van der Waals surface area contributed by atoms with Gasteiger partial charge in [-0.2, -0.15) is 18.2 Å². The number of aliphatic hydroxyl groups is 1. The van der Waals surface area contributed by atoms with Gasteiger partial charge in [0.25, 0.3) is 0 Å². The highest BCUT2D eigenvalue weighted by Gasteiger charge is 2.36. The number of methoxy groups -OCH3 is 1. The Hall–Kier alpha value is -4.07. The second-order valence-electron chi connectivity index (χ2n) is 9.37. The molecule has 1 fully saturated rings. The van der Waals surface area contributed by atoms with Crippen molar-refractivity contribution in [1.29, 1.82) is 0 Å². The van der Waals surface area contributed by atoms with Crippen LogP contribution in [0.15, 0.2) is 42.6 Å². The highest BCUT2D eigenvalue weighted by Crippen LogP contribution is 2.35. The van der Waals surface area contributed by atoms with E-state index in [2.05, 4.69) is 20.3 Å². The van der Waals surface area contributed by atoms with Crippen LogP contribution in [0.4, 0.5) is 32.4 Å². The number of hydrogen-bond donors (Lipinski definition) is 2. The molecule has 0 aliphatic carbocycles. The number of carbonyl (C=O) groups is 1. The van der Waals surface area contributed by atoms with Crippen LogP contribution in [0, 0.1) is 11.6 Å². The predicted molar refractivity (Wildman–Crippen MR) is 132 cm³/mol. The first-order valence-electron chi connectivity index (χ1n) is 12.2. The lowest BCUT2D eigenvalue weighted by molar-refractivity contribution is -0.141. The standard InChI is InChI=1S/C26H26F5N5O4/c1-25(38,14-40-20-8-4-7-19(33-20)26(29,30)31)16-13-32-23(39-2)34-21(16)15-9-11-36(12-10-15)24(37)35-22-17(27)5-3-6-18(22)28/h3-8,13,15,38H,9-12,14H2,1-2H3,(H,35,37). The number of nitrogens with one attached hydrogen (secondary N) is 1. The lowest BCUT2D eigenvalue weighted by Crippen LogP contribution is -2.41. The molecule has 3 aromatic rings. The van der Waals surface area contributed by atoms with Crippen LogP contribution in [0.5, 0.6) is 11.9 Å². The average Bonchev–Trinajstić information content (AvgIpc) is 2.93. The minimum Gasteiger partial charge on any atom is -0.474 e. The molecule has 0 saturated carbocycles. The Morgan fingerprint density at radius 1 is 1.10 bits per heavy atom. The number of para-hydroxylation sites is 1. The molecule has 2 N–H and O–H groups in total. The van der Waals surface area contributed by atoms with E-state index in [4.69, 9.17) is 9.47 Å². The third-order valence-electron chi connectivity index (χ3n) is 6.44. The van der Waals surface area contributed by atoms with Gasteiger partial charge in [0.15, 0.2) is 0 Å². The molecule has 0 radical (unpaired) electrons. The number of ether oxygens (including phenoxy) is 2. The summed E-state index contributed by atoms with van der Waals surface area (Å²) in [6.45, 7) is 1.37. The Morgan fingerprint density at radius 2 is 1.75 bits per heavy atom. The number of aromatic nitrogens is 3. The van der Waals surface area contributed by atoms with Crippen molar-refractivity contribution in [2.75, 3.05) is 32.1 Å². The zero-order valence-corrected chi connectivity index (χ0v) is 21.5. The quantitative estimate of drug-likeness (QED) is 0.392. The van der Waals surface area contributed by atoms with Crippen molar-refractivity contribution in [1.82, 2.24) is 19.9 Å². The predicted octanol–water partition coefficient (Wildman–Crippen LogP) is 4.88. The second-order valence-corrected chi connectivity index (χ2v) is 9.37. The molecule has 2 amide bonds. The molecular formula is C26H26F5N5O4. The number of amides is 2. The van der Waals surface area contributed by atoms with Crippen LogP contribution in [0.2, 0.25) is 0 Å². The summed E-state index contributed by atoms with van der Waals surface area (Å²) in [6.07, 6.45) is -2.54. The maximum absolute atomic E-state index is 13.9. The van der Waals surface area contributed by atoms with Crippen molar-refractivity contribution >= 4 is 11.7 Å². The summed E-state index contributed by atoms with van der Waals surface area (Å²) >= 11 is 0. The van der Waals surface area contributed by atoms with Crippen LogP contribution in [0.3, 0.4) is 0 Å². The van der Waals surface area contributed by atoms with Crippen LogP contribution in [-0.2, 0) is 11.8 Å². The van der Waals surface area contributed by atoms with E-state index >= 15 is 0 Å². The van der Waals surface area contributed by atoms with Gasteiger partial charge < -0.3 is 24.8 Å². The van der Waals surface area contributed by atoms with E-state index in [-0.39, 0.29) is 36.5 Å². The van der Waals surface area contributed by atoms with Gasteiger partial charge in [-0.05, 0) is 38.0 Å². The van der Waals surface area contributed by atoms with Crippen LogP contribution in [-0.4, -0.2) is 57.8 Å². The van der Waals surface area contributed by atoms with E-state index in [0.29, 0.717) is 18.5 Å². The maximum Gasteiger partial charge on any atom is 0.433 e. The minimum atomic E-state index is -4.66. The molecule has 1 unspecified atom stereocenters. The summed E-state index contributed by atoms with van der Waals surface area (Å²) in [5.74, 6) is -2.40. The van der Waals surface area contributed by atoms with Gasteiger partial charge in [-0.25, -0.2) is 23.5 Å². The third-order valence-corrected chi connectivity index (χ3v) is 6.44. The molecule has 0 spiro atoms. The number of rotatable bonds is 7. The first kappa shape index (κ1) is 28.9. The number of carbonyl (C=O) groups excluding carboxylic acids is 1. The summed E-state index contributed by atoms with van der Waals surface area (Å²) in [6, 6.07) is 5.82. The monoisotopic (exact) mass is 567 g/mol. The topological polar surface area (TPSA) is 110 Å². The van der Waals surface area contributed by atoms with Gasteiger partial charge in [0.1, 0.15) is 35.2 Å². The largest absolute Gasteiger partial charge is 0.474 e. The molecule has 1 atom stereocenters. The smallest absolute Gasteiger partial charge is 0.433 e. The molecule has 14 heteroatoms. The van der Waals surface area contributed by atoms with Gasteiger partial charge in [0, 0.05) is 36.8 Å². The number of likely N-dealkylation sites (tertiary alicyclic amines) is 1. The maximum atomic E-state index is 13.9. The van der Waals surface area contributed by atoms with Crippen molar-refractivity contribution in [2.45, 2.75) is 37.5 Å². The van der Waals surface area contributed by atoms with Gasteiger partial charge in [-0.15, -0.1) is 0 Å². The molecule has 1 saturated heterocycles. The number of piperidine rings is 1. The average molecular weight is 568 g/mol. The fraction of sp³-hybridized carbons (Fsp3) is 0.385. The Kier molecular flexibility index (Phi) is 8.37. The fourth-order valence-electron chi connectivity index (χ4n) is 4.31. The second kappa shape index (κ2) is 11.6. The number of pyridine rings is 1. The molecule has 214 valence electrons. The lowest BCUT2D eigenvalue weighted by Gasteiger charge is -2.34. The van der Waals surface area contributed by atoms with Crippen LogP contribution in [0.1, 0.15) is 42.6 Å². The highest BCUT2D eigenvalue weighted by atomic mass is 19.4. The lowest BCUT2D eigenvalue weighted by atomic mass is 9.86. The molecular weight excluding hydrogens is 541 g/mol. The number of hydrogen-bond acceptors (Lipinski definition) is 7. The van der Waals surface area contributed by atoms with Crippen molar-refractivity contribution in [3.05, 3.63) is 71.2 Å². The minimum absolute atomic E-state index is 0.0326. The zero-order chi connectivity index (χ0) is 29.1. The molecule has 0 bridgehead atoms. The fourth-order valence-corrected chi connectivity index (χ4v) is 4.31. The molecule has 2 aromatic heterocycles. The molecule has 9 nitrogen and oxygen atoms in total. The first-order valence-corrected chi connectivity index (χ1v) is 12.2. The number of urea groups is 1. The van der Waals surface area contributed by atoms with E-state index in [1.807, 2.05) is 0 Å². The van der Waals surface area contributed by atoms with Gasteiger partial charge in [0.2, 0.25) is 5.88 Å². The van der Waals surface area contributed by atoms with Crippen LogP contribution in [0.25, 0.3) is 0 Å². The van der Waals surface area contributed by atoms with E-state index in [1.165, 1.54) is 37.3 Å². The van der Waals surface area contributed by atoms with Crippen molar-refractivity contribution in [3.63, 3.8) is 0 Å². The van der Waals surface area contributed by atoms with Gasteiger partial charge in [-0.1, -0.05) is 12.1 Å². The molecule has 4 rings (SSSR count). The molecule has 1 aliphatic heterocycles. The van der Waals surface area contributed by atoms with Gasteiger partial charge in [0.05, 0.1) is 12.8 Å². The Bertz CT molecular complexity index is 1340. The van der Waals surface area contributed by atoms with Crippen molar-refractivity contribution < 1.29 is 41.3 Å². The molecule has 1 aliphatic rings. The van der Waals surface area contributed by atoms with E-state index < -0.39 is 47.4 Å². The van der Waals surface area contributed by atoms with E-state index in [0.717, 1.165) is 24.3 Å². The summed E-state index contributed by atoms with van der Waals surface area (Å²) in [5, 5.41) is 13.5. The van der Waals surface area contributed by atoms with Crippen molar-refractivity contribution in [3.8, 4) is 11.9 Å². The number of halogens is 5. The third kappa shape index (κ3) is 6.55. The Balaban J connectivity index is 1.48. The van der Waals surface area contributed by atoms with E-state index in [9.17, 15) is 31.9 Å². The number of alkyl halides is 3. The molecule has 3 heterocycles. The van der Waals surface area contributed by atoms with Crippen molar-refractivity contribution in [2.24, 2.45) is 0 Å². The van der Waals surface area contributed by atoms with Crippen LogP contribution < -0.4 is 14.8 Å². The summed E-state index contributed by atoms with van der Waals surface area (Å²) in [5.41, 5.74) is -2.74. The normalized spacial score (nSPS) is 15.8. The molecule has 40 heavy (non-hydrogen) atoms. The summed E-state index contributed by atoms with van der Waals surface area (Å²) < 4.78 is 77.4. The SMILES string of the molecule is COc1ncc(C(C)(O)COc2cccc(C(F)(F)F)n2)c(C2CCN(C(=O)Nc3c(F)cccc3F)CC2)n1. The highest BCUT2D eigenvalue weighted by molar-refractivity contribution is 5.89. The first-order chi connectivity index (χ1) is 18.9. The zero-order valence-electron chi connectivity index (χ0n) is 21.5. The number of anilines is 1. The van der Waals surface area contributed by atoms with E-state index in [1.54, 1.807) is 0 Å². The van der Waals surface area contributed by atoms with Gasteiger partial charge >= 0.3 is 18.2 Å². The summed E-state index contributed by atoms with van der Waals surface area (Å²) in [7, 11) is 1.37. The Labute approximate surface area is 226 Å².